The molecule has 40 heavy (non-hydrogen) atoms. The van der Waals surface area contributed by atoms with E-state index in [4.69, 9.17) is 48.7 Å². The summed E-state index contributed by atoms with van der Waals surface area (Å²) >= 11 is 17.8. The van der Waals surface area contributed by atoms with Crippen molar-refractivity contribution in [3.8, 4) is 0 Å². The van der Waals surface area contributed by atoms with Crippen LogP contribution >= 0.6 is 34.8 Å². The van der Waals surface area contributed by atoms with Crippen molar-refractivity contribution in [2.24, 2.45) is 0 Å². The van der Waals surface area contributed by atoms with Crippen molar-refractivity contribution in [1.29, 1.82) is 0 Å². The van der Waals surface area contributed by atoms with Crippen molar-refractivity contribution in [2.45, 2.75) is 41.7 Å². The highest BCUT2D eigenvalue weighted by atomic mass is 35.6. The molecule has 0 saturated carbocycles. The van der Waals surface area contributed by atoms with Crippen LogP contribution in [0.1, 0.15) is 32.4 Å². The van der Waals surface area contributed by atoms with Gasteiger partial charge in [-0.25, -0.2) is 0 Å². The maximum absolute atomic E-state index is 12.8. The molecule has 0 fully saturated rings. The average Bonchev–Trinajstić information content (AvgIpc) is 2.93. The molecule has 1 N–H and O–H groups in total. The summed E-state index contributed by atoms with van der Waals surface area (Å²) in [5, 5.41) is 4.82. The minimum Gasteiger partial charge on any atom is -0.405 e. The van der Waals surface area contributed by atoms with Crippen LogP contribution in [0.5, 0.6) is 0 Å². The third kappa shape index (κ3) is 8.43. The van der Waals surface area contributed by atoms with E-state index in [0.29, 0.717) is 0 Å². The van der Waals surface area contributed by atoms with Gasteiger partial charge in [0.1, 0.15) is 12.9 Å². The highest BCUT2D eigenvalue weighted by Gasteiger charge is 2.50. The van der Waals surface area contributed by atoms with E-state index in [1.54, 1.807) is 7.11 Å². The summed E-state index contributed by atoms with van der Waals surface area (Å²) in [4.78, 5) is 12.8. The molecular weight excluding hydrogens is 585 g/mol. The summed E-state index contributed by atoms with van der Waals surface area (Å²) in [6.07, 6.45) is 3.24. The molecular formula is C31H36Cl3NO4Si. The number of carbonyl (C=O) groups is 1. The van der Waals surface area contributed by atoms with Crippen LogP contribution in [0.15, 0.2) is 103 Å². The fourth-order valence-corrected chi connectivity index (χ4v) is 9.40. The van der Waals surface area contributed by atoms with E-state index in [1.165, 1.54) is 0 Å². The van der Waals surface area contributed by atoms with Gasteiger partial charge in [-0.3, -0.25) is 4.79 Å². The van der Waals surface area contributed by atoms with Crippen molar-refractivity contribution in [3.05, 3.63) is 109 Å². The maximum atomic E-state index is 12.8. The number of rotatable bonds is 12. The van der Waals surface area contributed by atoms with Gasteiger partial charge in [0.2, 0.25) is 0 Å². The largest absolute Gasteiger partial charge is 0.405 e. The Morgan fingerprint density at radius 1 is 0.850 bits per heavy atom. The number of methoxy groups -OCH3 is 1. The van der Waals surface area contributed by atoms with Crippen LogP contribution in [0.3, 0.4) is 0 Å². The van der Waals surface area contributed by atoms with Crippen LogP contribution in [0.25, 0.3) is 0 Å². The summed E-state index contributed by atoms with van der Waals surface area (Å²) in [5.41, 5.74) is 0.926. The fourth-order valence-electron chi connectivity index (χ4n) is 4.65. The number of ether oxygens (including phenoxy) is 2. The molecule has 0 unspecified atom stereocenters. The van der Waals surface area contributed by atoms with E-state index in [0.717, 1.165) is 15.9 Å². The van der Waals surface area contributed by atoms with E-state index in [-0.39, 0.29) is 18.4 Å². The van der Waals surface area contributed by atoms with E-state index < -0.39 is 30.2 Å². The molecule has 0 spiro atoms. The monoisotopic (exact) mass is 619 g/mol. The minimum absolute atomic E-state index is 0.0909. The standard InChI is InChI=1S/C31H36Cl3NO4Si/c1-30(2,3)40(26-16-10-6-11-17-26,27-18-12-7-13-19-27)39-22-25(35-29(36)31(32,33)34)20-21-28(38-23-37-4)24-14-8-5-9-15-24/h5-21,25,28H,22-23H2,1-4H3,(H,35,36)/b21-20+/t25-,28-/m0/s1. The molecule has 214 valence electrons. The average molecular weight is 621 g/mol. The molecule has 2 atom stereocenters. The van der Waals surface area contributed by atoms with Crippen LogP contribution in [0.4, 0.5) is 0 Å². The van der Waals surface area contributed by atoms with Crippen LogP contribution < -0.4 is 15.7 Å². The van der Waals surface area contributed by atoms with Gasteiger partial charge >= 0.3 is 0 Å². The number of benzene rings is 3. The number of amides is 1. The molecule has 0 aromatic heterocycles. The van der Waals surface area contributed by atoms with Gasteiger partial charge in [0.05, 0.1) is 12.6 Å². The molecule has 0 bridgehead atoms. The topological polar surface area (TPSA) is 56.8 Å². The van der Waals surface area contributed by atoms with Crippen molar-refractivity contribution in [2.75, 3.05) is 20.5 Å². The molecule has 0 aliphatic carbocycles. The summed E-state index contributed by atoms with van der Waals surface area (Å²) in [7, 11) is -1.32. The molecule has 3 aromatic rings. The Morgan fingerprint density at radius 2 is 1.35 bits per heavy atom. The molecule has 0 radical (unpaired) electrons. The van der Waals surface area contributed by atoms with E-state index in [9.17, 15) is 4.79 Å². The second-order valence-corrected chi connectivity index (χ2v) is 16.9. The molecule has 0 heterocycles. The van der Waals surface area contributed by atoms with Gasteiger partial charge in [0, 0.05) is 7.11 Å². The molecule has 0 saturated heterocycles. The van der Waals surface area contributed by atoms with E-state index >= 15 is 0 Å². The second kappa shape index (κ2) is 14.6. The van der Waals surface area contributed by atoms with Gasteiger partial charge in [-0.2, -0.15) is 0 Å². The lowest BCUT2D eigenvalue weighted by atomic mass is 10.1. The van der Waals surface area contributed by atoms with E-state index in [1.807, 2.05) is 78.9 Å². The lowest BCUT2D eigenvalue weighted by molar-refractivity contribution is -0.120. The lowest BCUT2D eigenvalue weighted by Crippen LogP contribution is -2.67. The van der Waals surface area contributed by atoms with Gasteiger partial charge in [-0.1, -0.05) is 159 Å². The predicted octanol–water partition coefficient (Wildman–Crippen LogP) is 6.34. The zero-order valence-electron chi connectivity index (χ0n) is 23.2. The first kappa shape index (κ1) is 32.4. The van der Waals surface area contributed by atoms with Crippen LogP contribution in [-0.4, -0.2) is 44.6 Å². The molecule has 0 aliphatic heterocycles. The predicted molar refractivity (Wildman–Crippen MR) is 167 cm³/mol. The highest BCUT2D eigenvalue weighted by molar-refractivity contribution is 6.99. The van der Waals surface area contributed by atoms with Gasteiger partial charge in [0.15, 0.2) is 0 Å². The van der Waals surface area contributed by atoms with Gasteiger partial charge in [-0.15, -0.1) is 0 Å². The zero-order chi connectivity index (χ0) is 29.2. The Morgan fingerprint density at radius 3 is 1.80 bits per heavy atom. The highest BCUT2D eigenvalue weighted by Crippen LogP contribution is 2.37. The number of hydrogen-bond donors (Lipinski definition) is 1. The molecule has 1 amide bonds. The summed E-state index contributed by atoms with van der Waals surface area (Å²) < 4.78 is 16.0. The Labute approximate surface area is 253 Å². The number of carbonyl (C=O) groups excluding carboxylic acids is 1. The summed E-state index contributed by atoms with van der Waals surface area (Å²) in [5.74, 6) is -0.743. The van der Waals surface area contributed by atoms with Gasteiger partial charge < -0.3 is 19.2 Å². The molecule has 9 heteroatoms. The molecule has 3 rings (SSSR count). The summed E-state index contributed by atoms with van der Waals surface area (Å²) in [6.45, 7) is 6.80. The number of alkyl halides is 3. The Hall–Kier alpha value is -2.16. The first-order chi connectivity index (χ1) is 19.0. The second-order valence-electron chi connectivity index (χ2n) is 10.3. The minimum atomic E-state index is -2.89. The Kier molecular flexibility index (Phi) is 11.8. The molecule has 3 aromatic carbocycles. The Bertz CT molecular complexity index is 1180. The number of hydrogen-bond acceptors (Lipinski definition) is 4. The molecule has 5 nitrogen and oxygen atoms in total. The number of halogens is 3. The van der Waals surface area contributed by atoms with Crippen molar-refractivity contribution in [1.82, 2.24) is 5.32 Å². The third-order valence-corrected chi connectivity index (χ3v) is 12.0. The zero-order valence-corrected chi connectivity index (χ0v) is 26.4. The lowest BCUT2D eigenvalue weighted by Gasteiger charge is -2.43. The van der Waals surface area contributed by atoms with Gasteiger partial charge in [0.25, 0.3) is 18.0 Å². The number of nitrogens with one attached hydrogen (secondary N) is 1. The quantitative estimate of drug-likeness (QED) is 0.111. The van der Waals surface area contributed by atoms with Crippen LogP contribution in [-0.2, 0) is 18.7 Å². The summed E-state index contributed by atoms with van der Waals surface area (Å²) in [6, 6.07) is 29.6. The van der Waals surface area contributed by atoms with Crippen molar-refractivity contribution < 1.29 is 18.7 Å². The Balaban J connectivity index is 2.02. The molecule has 0 aliphatic rings. The van der Waals surface area contributed by atoms with Crippen LogP contribution in [0.2, 0.25) is 5.04 Å². The first-order valence-corrected chi connectivity index (χ1v) is 16.0. The SMILES string of the molecule is COCO[C@@H](/C=C/[C@@H](CO[Si](c1ccccc1)(c1ccccc1)C(C)(C)C)NC(=O)C(Cl)(Cl)Cl)c1ccccc1. The van der Waals surface area contributed by atoms with Crippen molar-refractivity contribution >= 4 is 59.4 Å². The van der Waals surface area contributed by atoms with Gasteiger partial charge in [-0.05, 0) is 21.0 Å². The fraction of sp³-hybridized carbons (Fsp3) is 0.323. The van der Waals surface area contributed by atoms with Crippen molar-refractivity contribution in [3.63, 3.8) is 0 Å². The maximum Gasteiger partial charge on any atom is 0.272 e. The van der Waals surface area contributed by atoms with E-state index in [2.05, 4.69) is 50.4 Å². The first-order valence-electron chi connectivity index (χ1n) is 13.0. The smallest absolute Gasteiger partial charge is 0.272 e. The normalized spacial score (nSPS) is 14.2. The third-order valence-electron chi connectivity index (χ3n) is 6.48. The van der Waals surface area contributed by atoms with Crippen LogP contribution in [0, 0.1) is 0 Å².